The average Bonchev–Trinajstić information content (AvgIpc) is 2.71. The van der Waals surface area contributed by atoms with Crippen molar-refractivity contribution in [3.05, 3.63) is 65.7 Å². The number of para-hydroxylation sites is 1. The third-order valence-corrected chi connectivity index (χ3v) is 3.93. The van der Waals surface area contributed by atoms with Gasteiger partial charge in [-0.25, -0.2) is 4.79 Å². The number of hydrogen-bond donors (Lipinski definition) is 1. The van der Waals surface area contributed by atoms with E-state index in [1.165, 1.54) is 6.08 Å². The van der Waals surface area contributed by atoms with E-state index in [0.29, 0.717) is 12.4 Å². The number of ether oxygens (including phenoxy) is 3. The standard InChI is InChI=1S/C22H25NO5/c1-4-27-18-12-9-17(10-13-18)11-14-22(25)28-15-21(24)23-16(2)19-7-5-6-8-20(19)26-3/h5-14,16H,4,15H2,1-3H3,(H,23,24)/b14-11+. The van der Waals surface area contributed by atoms with Gasteiger partial charge in [-0.05, 0) is 43.7 Å². The number of amides is 1. The quantitative estimate of drug-likeness (QED) is 0.530. The lowest BCUT2D eigenvalue weighted by Gasteiger charge is -2.17. The maximum Gasteiger partial charge on any atom is 0.331 e. The number of carbonyl (C=O) groups excluding carboxylic acids is 2. The van der Waals surface area contributed by atoms with Crippen molar-refractivity contribution in [3.63, 3.8) is 0 Å². The Morgan fingerprint density at radius 1 is 1.11 bits per heavy atom. The molecule has 0 bridgehead atoms. The SMILES string of the molecule is CCOc1ccc(/C=C/C(=O)OCC(=O)NC(C)c2ccccc2OC)cc1. The molecule has 0 aromatic heterocycles. The molecule has 1 atom stereocenters. The Hall–Kier alpha value is -3.28. The summed E-state index contributed by atoms with van der Waals surface area (Å²) in [6, 6.07) is 14.4. The van der Waals surface area contributed by atoms with Crippen molar-refractivity contribution in [1.29, 1.82) is 0 Å². The van der Waals surface area contributed by atoms with Gasteiger partial charge < -0.3 is 19.5 Å². The summed E-state index contributed by atoms with van der Waals surface area (Å²) in [4.78, 5) is 23.8. The fourth-order valence-electron chi connectivity index (χ4n) is 2.58. The van der Waals surface area contributed by atoms with Crippen molar-refractivity contribution in [2.24, 2.45) is 0 Å². The molecule has 2 rings (SSSR count). The minimum atomic E-state index is -0.589. The number of carbonyl (C=O) groups is 2. The number of hydrogen-bond acceptors (Lipinski definition) is 5. The first-order valence-corrected chi connectivity index (χ1v) is 9.03. The first-order valence-electron chi connectivity index (χ1n) is 9.03. The van der Waals surface area contributed by atoms with Crippen molar-refractivity contribution < 1.29 is 23.8 Å². The molecule has 6 nitrogen and oxygen atoms in total. The maximum atomic E-state index is 12.0. The van der Waals surface area contributed by atoms with Crippen LogP contribution in [0.1, 0.15) is 31.0 Å². The molecule has 1 N–H and O–H groups in total. The van der Waals surface area contributed by atoms with E-state index in [-0.39, 0.29) is 18.6 Å². The van der Waals surface area contributed by atoms with Crippen LogP contribution in [0.15, 0.2) is 54.6 Å². The Kier molecular flexibility index (Phi) is 8.09. The summed E-state index contributed by atoms with van der Waals surface area (Å²) in [6.07, 6.45) is 2.90. The molecule has 6 heteroatoms. The second-order valence-electron chi connectivity index (χ2n) is 5.97. The molecule has 0 aliphatic heterocycles. The summed E-state index contributed by atoms with van der Waals surface area (Å²) in [5.41, 5.74) is 1.68. The molecular formula is C22H25NO5. The number of benzene rings is 2. The predicted octanol–water partition coefficient (Wildman–Crippen LogP) is 3.53. The molecule has 0 heterocycles. The summed E-state index contributed by atoms with van der Waals surface area (Å²) in [6.45, 7) is 3.99. The highest BCUT2D eigenvalue weighted by Gasteiger charge is 2.14. The van der Waals surface area contributed by atoms with Crippen LogP contribution in [0.3, 0.4) is 0 Å². The molecule has 0 aliphatic rings. The van der Waals surface area contributed by atoms with Crippen LogP contribution in [0.5, 0.6) is 11.5 Å². The molecular weight excluding hydrogens is 358 g/mol. The maximum absolute atomic E-state index is 12.0. The van der Waals surface area contributed by atoms with E-state index in [9.17, 15) is 9.59 Å². The first kappa shape index (κ1) is 21.0. The molecule has 2 aromatic carbocycles. The number of esters is 1. The van der Waals surface area contributed by atoms with Gasteiger partial charge in [0, 0.05) is 11.6 Å². The third-order valence-electron chi connectivity index (χ3n) is 3.93. The Morgan fingerprint density at radius 3 is 2.50 bits per heavy atom. The minimum absolute atomic E-state index is 0.276. The molecule has 0 spiro atoms. The van der Waals surface area contributed by atoms with Gasteiger partial charge >= 0.3 is 5.97 Å². The van der Waals surface area contributed by atoms with Crippen molar-refractivity contribution in [2.75, 3.05) is 20.3 Å². The summed E-state index contributed by atoms with van der Waals surface area (Å²) in [5.74, 6) is 0.476. The zero-order valence-electron chi connectivity index (χ0n) is 16.3. The minimum Gasteiger partial charge on any atom is -0.496 e. The Morgan fingerprint density at radius 2 is 1.82 bits per heavy atom. The highest BCUT2D eigenvalue weighted by atomic mass is 16.5. The molecule has 28 heavy (non-hydrogen) atoms. The summed E-state index contributed by atoms with van der Waals surface area (Å²) in [5, 5.41) is 2.78. The molecule has 0 saturated carbocycles. The molecule has 0 radical (unpaired) electrons. The number of nitrogens with one attached hydrogen (secondary N) is 1. The smallest absolute Gasteiger partial charge is 0.331 e. The van der Waals surface area contributed by atoms with Crippen LogP contribution in [0.4, 0.5) is 0 Å². The van der Waals surface area contributed by atoms with E-state index in [1.54, 1.807) is 13.2 Å². The van der Waals surface area contributed by atoms with Crippen molar-refractivity contribution in [2.45, 2.75) is 19.9 Å². The van der Waals surface area contributed by atoms with Crippen LogP contribution in [0.25, 0.3) is 6.08 Å². The molecule has 1 amide bonds. The molecule has 148 valence electrons. The predicted molar refractivity (Wildman–Crippen MR) is 107 cm³/mol. The highest BCUT2D eigenvalue weighted by molar-refractivity contribution is 5.89. The summed E-state index contributed by atoms with van der Waals surface area (Å²) < 4.78 is 15.6. The number of methoxy groups -OCH3 is 1. The lowest BCUT2D eigenvalue weighted by atomic mass is 10.1. The van der Waals surface area contributed by atoms with Gasteiger partial charge in [0.25, 0.3) is 5.91 Å². The zero-order valence-corrected chi connectivity index (χ0v) is 16.3. The van der Waals surface area contributed by atoms with Gasteiger partial charge in [0.1, 0.15) is 11.5 Å². The normalized spacial score (nSPS) is 11.7. The van der Waals surface area contributed by atoms with Gasteiger partial charge in [0.2, 0.25) is 0 Å². The van der Waals surface area contributed by atoms with E-state index in [4.69, 9.17) is 14.2 Å². The first-order chi connectivity index (χ1) is 13.5. The van der Waals surface area contributed by atoms with Crippen LogP contribution in [-0.4, -0.2) is 32.2 Å². The Labute approximate surface area is 165 Å². The Balaban J connectivity index is 1.80. The van der Waals surface area contributed by atoms with E-state index in [1.807, 2.05) is 62.4 Å². The van der Waals surface area contributed by atoms with Gasteiger partial charge in [-0.1, -0.05) is 30.3 Å². The summed E-state index contributed by atoms with van der Waals surface area (Å²) in [7, 11) is 1.58. The average molecular weight is 383 g/mol. The van der Waals surface area contributed by atoms with Crippen LogP contribution in [0.2, 0.25) is 0 Å². The van der Waals surface area contributed by atoms with E-state index in [2.05, 4.69) is 5.32 Å². The van der Waals surface area contributed by atoms with Crippen LogP contribution in [0, 0.1) is 0 Å². The van der Waals surface area contributed by atoms with Gasteiger partial charge in [0.05, 0.1) is 19.8 Å². The zero-order chi connectivity index (χ0) is 20.4. The molecule has 0 saturated heterocycles. The largest absolute Gasteiger partial charge is 0.496 e. The van der Waals surface area contributed by atoms with Crippen molar-refractivity contribution in [1.82, 2.24) is 5.32 Å². The van der Waals surface area contributed by atoms with Crippen LogP contribution in [-0.2, 0) is 14.3 Å². The lowest BCUT2D eigenvalue weighted by Crippen LogP contribution is -2.31. The molecule has 0 fully saturated rings. The van der Waals surface area contributed by atoms with E-state index >= 15 is 0 Å². The topological polar surface area (TPSA) is 73.9 Å². The Bertz CT molecular complexity index is 814. The summed E-state index contributed by atoms with van der Waals surface area (Å²) >= 11 is 0. The van der Waals surface area contributed by atoms with Crippen LogP contribution < -0.4 is 14.8 Å². The van der Waals surface area contributed by atoms with E-state index < -0.39 is 5.97 Å². The van der Waals surface area contributed by atoms with Gasteiger partial charge in [-0.3, -0.25) is 4.79 Å². The highest BCUT2D eigenvalue weighted by Crippen LogP contribution is 2.24. The molecule has 1 unspecified atom stereocenters. The van der Waals surface area contributed by atoms with E-state index in [0.717, 1.165) is 16.9 Å². The van der Waals surface area contributed by atoms with Crippen molar-refractivity contribution >= 4 is 18.0 Å². The third kappa shape index (κ3) is 6.46. The van der Waals surface area contributed by atoms with Gasteiger partial charge in [0.15, 0.2) is 6.61 Å². The van der Waals surface area contributed by atoms with Gasteiger partial charge in [-0.15, -0.1) is 0 Å². The van der Waals surface area contributed by atoms with Crippen LogP contribution >= 0.6 is 0 Å². The van der Waals surface area contributed by atoms with Gasteiger partial charge in [-0.2, -0.15) is 0 Å². The lowest BCUT2D eigenvalue weighted by molar-refractivity contribution is -0.144. The van der Waals surface area contributed by atoms with Crippen molar-refractivity contribution in [3.8, 4) is 11.5 Å². The second-order valence-corrected chi connectivity index (χ2v) is 5.97. The number of rotatable bonds is 9. The fraction of sp³-hybridized carbons (Fsp3) is 0.273. The molecule has 2 aromatic rings. The second kappa shape index (κ2) is 10.8. The molecule has 0 aliphatic carbocycles. The fourth-order valence-corrected chi connectivity index (χ4v) is 2.58. The monoisotopic (exact) mass is 383 g/mol.